The Morgan fingerprint density at radius 3 is 0.431 bits per heavy atom. The molecule has 0 radical (unpaired) electrons. The summed E-state index contributed by atoms with van der Waals surface area (Å²) >= 11 is 8.96. The molecule has 48 heteroatoms. The number of hydrogen-bond donors (Lipinski definition) is 20. The molecule has 0 aromatic rings. The Morgan fingerprint density at radius 1 is 0.198 bits per heavy atom. The molecule has 40 nitrogen and oxygen atoms in total. The van der Waals surface area contributed by atoms with Crippen molar-refractivity contribution in [3.63, 3.8) is 0 Å². The number of carboxylic acid groups (broad SMARTS) is 4. The van der Waals surface area contributed by atoms with E-state index in [1.165, 1.54) is 47.0 Å². The lowest BCUT2D eigenvalue weighted by Gasteiger charge is -2.51. The van der Waals surface area contributed by atoms with Gasteiger partial charge in [0.15, 0.2) is 50.3 Å². The number of carboxylic acids is 4. The first-order chi connectivity index (χ1) is 55.3. The molecular weight excluding hydrogens is 1710 g/mol. The first-order valence-corrected chi connectivity index (χ1v) is 47.4. The fourth-order valence-corrected chi connectivity index (χ4v) is 21.1. The van der Waals surface area contributed by atoms with E-state index in [-0.39, 0.29) is 81.9 Å². The smallest absolute Gasteiger partial charge is 0.304 e. The Hall–Kier alpha value is -0.600. The van der Waals surface area contributed by atoms with E-state index >= 15 is 0 Å². The Labute approximate surface area is 701 Å². The van der Waals surface area contributed by atoms with Crippen LogP contribution in [0.5, 0.6) is 0 Å². The van der Waals surface area contributed by atoms with Crippen LogP contribution in [0, 0.1) is 0 Å². The van der Waals surface area contributed by atoms with Gasteiger partial charge >= 0.3 is 23.9 Å². The number of ether oxygens (including phenoxy) is 16. The van der Waals surface area contributed by atoms with Crippen LogP contribution in [0.1, 0.15) is 53.4 Å². The van der Waals surface area contributed by atoms with Crippen molar-refractivity contribution in [1.82, 2.24) is 0 Å². The van der Waals surface area contributed by atoms with Gasteiger partial charge in [0.25, 0.3) is 0 Å². The topological polar surface area (TPSA) is 621 Å². The average molecular weight is 1830 g/mol. The molecule has 30 aliphatic heterocycles. The van der Waals surface area contributed by atoms with E-state index in [0.717, 1.165) is 47.0 Å². The van der Waals surface area contributed by atoms with Gasteiger partial charge in [0.1, 0.15) is 146 Å². The number of aliphatic carboxylic acids is 4. The summed E-state index contributed by atoms with van der Waals surface area (Å²) in [5.74, 6) is -4.45. The number of thioether (sulfide) groups is 8. The third-order valence-electron chi connectivity index (χ3n) is 20.4. The summed E-state index contributed by atoms with van der Waals surface area (Å²) in [6, 6.07) is 0. The molecule has 20 N–H and O–H groups in total. The van der Waals surface area contributed by atoms with Gasteiger partial charge in [-0.15, -0.1) is 0 Å². The maximum Gasteiger partial charge on any atom is 0.304 e. The van der Waals surface area contributed by atoms with Crippen LogP contribution < -0.4 is 0 Å². The van der Waals surface area contributed by atoms with Crippen molar-refractivity contribution in [2.75, 3.05) is 92.0 Å². The SMILES string of the molecule is CCSC[C@H]1O[C@@H]2O[C@H]3[C@H](O)[C@@H](O)[C@@H](O[C@H]4[C@H](O)[C@@H](O)[C@@H](OC5[C@@H](CSCCC(=O)O)O[C@H](O[C@H]6[C@H](O)[C@@H](O)[C@@H](O[C@H]7[C@H](O)[C@@H](O)[C@@H](O[C@H]8[C@H](O)[C@@H](O)[C@@H](O[C@H]9[C@H](O)[C@@H](O)C(O[C@H]1[C@H](O)[C@H]2O)O[C@@H]9CSCC)O[C@@H]8CSCCC(=O)O)O[C@@H]7CSCCC(=O)O)O[C@@H]6CSCCC(=O)O)[C@H](O)[C@H]5O)O[C@@H]4CSCC)O[C@@H]3CSCC. The minimum absolute atomic E-state index is 0.0129. The van der Waals surface area contributed by atoms with Crippen LogP contribution in [0.25, 0.3) is 0 Å². The van der Waals surface area contributed by atoms with E-state index in [4.69, 9.17) is 75.8 Å². The van der Waals surface area contributed by atoms with Crippen molar-refractivity contribution < 1.29 is 197 Å². The zero-order chi connectivity index (χ0) is 84.5. The van der Waals surface area contributed by atoms with Gasteiger partial charge < -0.3 is 178 Å². The maximum absolute atomic E-state index is 12.2. The minimum Gasteiger partial charge on any atom is -0.481 e. The molecule has 30 rings (SSSR count). The first-order valence-electron chi connectivity index (χ1n) is 38.2. The zero-order valence-electron chi connectivity index (χ0n) is 63.6. The van der Waals surface area contributed by atoms with E-state index in [2.05, 4.69) is 0 Å². The highest BCUT2D eigenvalue weighted by Gasteiger charge is 2.61. The lowest BCUT2D eigenvalue weighted by Crippen LogP contribution is -2.69. The van der Waals surface area contributed by atoms with Crippen LogP contribution in [0.3, 0.4) is 0 Å². The summed E-state index contributed by atoms with van der Waals surface area (Å²) in [7, 11) is 0. The Bertz CT molecular complexity index is 2920. The Balaban J connectivity index is 1.08. The largest absolute Gasteiger partial charge is 0.481 e. The third kappa shape index (κ3) is 25.9. The summed E-state index contributed by atoms with van der Waals surface area (Å²) in [4.78, 5) is 47.0. The minimum atomic E-state index is -2.24. The normalized spacial score (nSPS) is 44.7. The average Bonchev–Trinajstić information content (AvgIpc) is 0.771. The molecule has 30 heterocycles. The van der Waals surface area contributed by atoms with Crippen LogP contribution in [-0.2, 0) is 95.0 Å². The second-order valence-corrected chi connectivity index (χ2v) is 38.4. The van der Waals surface area contributed by atoms with Crippen molar-refractivity contribution >= 4 is 118 Å². The molecule has 0 aromatic carbocycles. The standard InChI is InChI=1S/C68H112O40S8/c1-5-109-17-25-53-38(78)46(86)62(94-25)103-55-27(19-111-7-3)96-64(48(88)40(55)80)105-57-29(21-113-13-9-33(69)70)98-66(50(90)42(57)82)107-59-31(23-115-15-11-35(73)74)100-68(52(92)44(59)84)108-60-32(24-116-16-12-36(75)76)99-67(51(91)43(60)83)106-58-30(22-114-14-10-34(71)72)97-65(49(89)41(58)81)104-56-28(20-112-8-4)95-63(47(87)39(56)79)102-54-26(18-110-6-2)93-61(101-53)45(85)37(54)77/h25-32,37-68,77-92H,5-24H2,1-4H3,(H,69,70)(H,71,72)(H,73,74)(H,75,76)/t25-,26-,27-,28-,29-,30-,31-,32-,37-,38-,39-,40-,41-,42-,43-,44-,45-,46-,47-,48-,49-,50-,51-,52-,53-,54-,55-,56-,57?,58-,59-,60-,61-,62-,63?,64-,65-,66-,67-,68-/m1/s1. The molecule has 0 aliphatic carbocycles. The van der Waals surface area contributed by atoms with Gasteiger partial charge in [0.05, 0.1) is 74.5 Å². The van der Waals surface area contributed by atoms with Gasteiger partial charge in [-0.05, 0) is 23.0 Å². The van der Waals surface area contributed by atoms with Crippen LogP contribution in [0.2, 0.25) is 0 Å². The number of hydrogen-bond acceptors (Lipinski definition) is 44. The molecule has 30 aliphatic rings. The quantitative estimate of drug-likeness (QED) is 0.0279. The predicted octanol–water partition coefficient (Wildman–Crippen LogP) is -5.50. The fraction of sp³-hybridized carbons (Fsp3) is 0.941. The second kappa shape index (κ2) is 47.8. The molecule has 0 aromatic heterocycles. The number of rotatable bonds is 32. The van der Waals surface area contributed by atoms with E-state index < -0.39 is 282 Å². The number of carbonyl (C=O) groups is 4. The molecule has 2 unspecified atom stereocenters. The van der Waals surface area contributed by atoms with Crippen molar-refractivity contribution in [2.24, 2.45) is 0 Å². The van der Waals surface area contributed by atoms with Crippen molar-refractivity contribution in [3.8, 4) is 0 Å². The Kier molecular flexibility index (Phi) is 40.9. The molecule has 16 bridgehead atoms. The van der Waals surface area contributed by atoms with Crippen molar-refractivity contribution in [1.29, 1.82) is 0 Å². The highest BCUT2D eigenvalue weighted by molar-refractivity contribution is 8.00. The monoisotopic (exact) mass is 1820 g/mol. The van der Waals surface area contributed by atoms with E-state index in [1.807, 2.05) is 13.8 Å². The highest BCUT2D eigenvalue weighted by atomic mass is 32.2. The first kappa shape index (κ1) is 99.2. The van der Waals surface area contributed by atoms with Crippen molar-refractivity contribution in [3.05, 3.63) is 0 Å². The molecule has 0 amide bonds. The van der Waals surface area contributed by atoms with Crippen molar-refractivity contribution in [2.45, 2.75) is 299 Å². The molecule has 40 atom stereocenters. The lowest BCUT2D eigenvalue weighted by molar-refractivity contribution is -0.396. The summed E-state index contributed by atoms with van der Waals surface area (Å²) in [6.07, 6.45) is -75.6. The van der Waals surface area contributed by atoms with E-state index in [1.54, 1.807) is 13.8 Å². The van der Waals surface area contributed by atoms with E-state index in [0.29, 0.717) is 23.0 Å². The summed E-state index contributed by atoms with van der Waals surface area (Å²) in [5.41, 5.74) is 0. The molecule has 672 valence electrons. The summed E-state index contributed by atoms with van der Waals surface area (Å²) in [6.45, 7) is 7.23. The molecule has 0 saturated carbocycles. The molecule has 116 heavy (non-hydrogen) atoms. The van der Waals surface area contributed by atoms with Gasteiger partial charge in [0, 0.05) is 69.0 Å². The lowest BCUT2D eigenvalue weighted by atomic mass is 9.95. The van der Waals surface area contributed by atoms with Gasteiger partial charge in [-0.2, -0.15) is 94.1 Å². The van der Waals surface area contributed by atoms with Crippen LogP contribution >= 0.6 is 94.1 Å². The molecule has 0 spiro atoms. The Morgan fingerprint density at radius 2 is 0.319 bits per heavy atom. The summed E-state index contributed by atoms with van der Waals surface area (Å²) in [5, 5.41) is 232. The fourth-order valence-electron chi connectivity index (χ4n) is 14.2. The van der Waals surface area contributed by atoms with Gasteiger partial charge in [-0.1, -0.05) is 27.7 Å². The van der Waals surface area contributed by atoms with Crippen LogP contribution in [0.4, 0.5) is 0 Å². The summed E-state index contributed by atoms with van der Waals surface area (Å²) < 4.78 is 101. The van der Waals surface area contributed by atoms with E-state index in [9.17, 15) is 121 Å². The van der Waals surface area contributed by atoms with Crippen LogP contribution in [-0.4, -0.2) is 464 Å². The van der Waals surface area contributed by atoms with Gasteiger partial charge in [0.2, 0.25) is 0 Å². The zero-order valence-corrected chi connectivity index (χ0v) is 70.1. The third-order valence-corrected chi connectivity index (χ3v) is 28.5. The van der Waals surface area contributed by atoms with Crippen LogP contribution in [0.15, 0.2) is 0 Å². The molecule has 30 fully saturated rings. The molecule has 30 saturated heterocycles. The highest BCUT2D eigenvalue weighted by Crippen LogP contribution is 2.43. The van der Waals surface area contributed by atoms with Gasteiger partial charge in [-0.25, -0.2) is 0 Å². The predicted molar refractivity (Wildman–Crippen MR) is 415 cm³/mol. The van der Waals surface area contributed by atoms with Gasteiger partial charge in [-0.3, -0.25) is 19.2 Å². The second-order valence-electron chi connectivity index (χ2n) is 28.5. The number of aliphatic hydroxyl groups is 16. The maximum atomic E-state index is 12.2. The number of aliphatic hydroxyl groups excluding tert-OH is 16. The molecular formula is C68H112O40S8.